The van der Waals surface area contributed by atoms with Crippen LogP contribution in [0.4, 0.5) is 0 Å². The van der Waals surface area contributed by atoms with Crippen molar-refractivity contribution >= 4 is 34.9 Å². The van der Waals surface area contributed by atoms with Crippen LogP contribution in [0.15, 0.2) is 53.8 Å². The van der Waals surface area contributed by atoms with Crippen LogP contribution in [0, 0.1) is 0 Å². The Kier molecular flexibility index (Phi) is 5.95. The molecular formula is C24H21ClN4O3S. The lowest BCUT2D eigenvalue weighted by Crippen LogP contribution is -2.21. The standard InChI is InChI=1S/C24H21ClN4O3S/c1-31-17-7-8-18(22(11-17)32-2)15-9-20-19(21(30)10-15)12-29-23(26-20)27-24(28-29)33-13-14-3-5-16(25)6-4-14/h3-8,11-12,15H,9-10,13H2,1-2H3. The minimum absolute atomic E-state index is 0.0255. The van der Waals surface area contributed by atoms with Crippen LogP contribution in [0.1, 0.15) is 39.5 Å². The molecule has 0 saturated heterocycles. The van der Waals surface area contributed by atoms with Gasteiger partial charge in [-0.3, -0.25) is 4.79 Å². The molecule has 0 fully saturated rings. The maximum atomic E-state index is 13.0. The average molecular weight is 481 g/mol. The maximum Gasteiger partial charge on any atom is 0.253 e. The second-order valence-electron chi connectivity index (χ2n) is 7.79. The first-order valence-corrected chi connectivity index (χ1v) is 11.8. The van der Waals surface area contributed by atoms with Gasteiger partial charge < -0.3 is 9.47 Å². The molecule has 1 atom stereocenters. The van der Waals surface area contributed by atoms with Gasteiger partial charge >= 0.3 is 0 Å². The highest BCUT2D eigenvalue weighted by atomic mass is 35.5. The van der Waals surface area contributed by atoms with Gasteiger partial charge in [-0.15, -0.1) is 5.10 Å². The van der Waals surface area contributed by atoms with Gasteiger partial charge in [-0.05, 0) is 35.7 Å². The van der Waals surface area contributed by atoms with Gasteiger partial charge in [-0.2, -0.15) is 4.98 Å². The summed E-state index contributed by atoms with van der Waals surface area (Å²) in [6.45, 7) is 0. The molecule has 2 heterocycles. The topological polar surface area (TPSA) is 78.6 Å². The summed E-state index contributed by atoms with van der Waals surface area (Å²) in [7, 11) is 3.24. The summed E-state index contributed by atoms with van der Waals surface area (Å²) in [6, 6.07) is 13.4. The number of benzene rings is 2. The van der Waals surface area contributed by atoms with Crippen molar-refractivity contribution in [3.8, 4) is 11.5 Å². The van der Waals surface area contributed by atoms with E-state index in [4.69, 9.17) is 26.1 Å². The number of nitrogens with zero attached hydrogens (tertiary/aromatic N) is 4. The molecule has 7 nitrogen and oxygen atoms in total. The van der Waals surface area contributed by atoms with Crippen molar-refractivity contribution in [2.75, 3.05) is 14.2 Å². The Hall–Kier alpha value is -3.10. The second-order valence-corrected chi connectivity index (χ2v) is 9.17. The molecule has 9 heteroatoms. The molecule has 0 aliphatic heterocycles. The first kappa shape index (κ1) is 21.7. The molecule has 0 radical (unpaired) electrons. The fourth-order valence-electron chi connectivity index (χ4n) is 4.03. The molecule has 168 valence electrons. The summed E-state index contributed by atoms with van der Waals surface area (Å²) >= 11 is 7.47. The largest absolute Gasteiger partial charge is 0.497 e. The van der Waals surface area contributed by atoms with E-state index < -0.39 is 0 Å². The number of halogens is 1. The lowest BCUT2D eigenvalue weighted by Gasteiger charge is -2.24. The second kappa shape index (κ2) is 9.03. The van der Waals surface area contributed by atoms with E-state index in [0.717, 1.165) is 16.8 Å². The molecule has 0 amide bonds. The van der Waals surface area contributed by atoms with Crippen molar-refractivity contribution < 1.29 is 14.3 Å². The van der Waals surface area contributed by atoms with E-state index >= 15 is 0 Å². The van der Waals surface area contributed by atoms with Crippen molar-refractivity contribution in [2.45, 2.75) is 29.7 Å². The quantitative estimate of drug-likeness (QED) is 0.359. The highest BCUT2D eigenvalue weighted by Crippen LogP contribution is 2.38. The first-order chi connectivity index (χ1) is 16.0. The number of Topliss-reactive ketones (excluding diaryl/α,β-unsaturated/α-hetero) is 1. The summed E-state index contributed by atoms with van der Waals surface area (Å²) in [4.78, 5) is 22.2. The molecule has 1 aliphatic rings. The number of methoxy groups -OCH3 is 2. The monoisotopic (exact) mass is 480 g/mol. The van der Waals surface area contributed by atoms with Crippen LogP contribution in [0.25, 0.3) is 5.78 Å². The van der Waals surface area contributed by atoms with Gasteiger partial charge in [0.05, 0.1) is 25.5 Å². The summed E-state index contributed by atoms with van der Waals surface area (Å²) in [6.07, 6.45) is 2.76. The van der Waals surface area contributed by atoms with E-state index in [9.17, 15) is 4.79 Å². The SMILES string of the molecule is COc1ccc(C2CC(=O)c3cn4nc(SCc5ccc(Cl)cc5)nc4nc3C2)c(OC)c1. The van der Waals surface area contributed by atoms with Crippen LogP contribution in [-0.2, 0) is 12.2 Å². The van der Waals surface area contributed by atoms with E-state index in [-0.39, 0.29) is 11.7 Å². The predicted octanol–water partition coefficient (Wildman–Crippen LogP) is 5.00. The fourth-order valence-corrected chi connectivity index (χ4v) is 4.94. The molecule has 0 spiro atoms. The summed E-state index contributed by atoms with van der Waals surface area (Å²) < 4.78 is 12.4. The lowest BCUT2D eigenvalue weighted by molar-refractivity contribution is 0.0962. The predicted molar refractivity (Wildman–Crippen MR) is 127 cm³/mol. The zero-order valence-electron chi connectivity index (χ0n) is 18.1. The zero-order valence-corrected chi connectivity index (χ0v) is 19.7. The zero-order chi connectivity index (χ0) is 22.9. The third-order valence-electron chi connectivity index (χ3n) is 5.72. The average Bonchev–Trinajstić information content (AvgIpc) is 3.23. The fraction of sp³-hybridized carbons (Fsp3) is 0.250. The minimum atomic E-state index is -0.0255. The number of hydrogen-bond acceptors (Lipinski definition) is 7. The number of carbonyl (C=O) groups is 1. The third kappa shape index (κ3) is 4.41. The Morgan fingerprint density at radius 3 is 2.67 bits per heavy atom. The normalized spacial score (nSPS) is 15.5. The highest BCUT2D eigenvalue weighted by molar-refractivity contribution is 7.98. The Balaban J connectivity index is 1.40. The van der Waals surface area contributed by atoms with Gasteiger partial charge in [0.2, 0.25) is 5.16 Å². The summed E-state index contributed by atoms with van der Waals surface area (Å²) in [5, 5.41) is 5.83. The molecule has 1 unspecified atom stereocenters. The third-order valence-corrected chi connectivity index (χ3v) is 6.89. The van der Waals surface area contributed by atoms with Crippen LogP contribution in [0.3, 0.4) is 0 Å². The van der Waals surface area contributed by atoms with Crippen molar-refractivity contribution in [3.05, 3.63) is 76.1 Å². The lowest BCUT2D eigenvalue weighted by atomic mass is 9.82. The number of ketones is 1. The molecule has 2 aromatic heterocycles. The molecule has 0 N–H and O–H groups in total. The number of aromatic nitrogens is 4. The summed E-state index contributed by atoms with van der Waals surface area (Å²) in [5.41, 5.74) is 3.44. The molecule has 5 rings (SSSR count). The minimum Gasteiger partial charge on any atom is -0.497 e. The van der Waals surface area contributed by atoms with Crippen molar-refractivity contribution in [1.29, 1.82) is 0 Å². The van der Waals surface area contributed by atoms with Crippen LogP contribution in [0.2, 0.25) is 5.02 Å². The Morgan fingerprint density at radius 1 is 1.09 bits per heavy atom. The Bertz CT molecular complexity index is 1340. The summed E-state index contributed by atoms with van der Waals surface area (Å²) in [5.74, 6) is 2.64. The molecular weight excluding hydrogens is 460 g/mol. The van der Waals surface area contributed by atoms with Crippen molar-refractivity contribution in [2.24, 2.45) is 0 Å². The van der Waals surface area contributed by atoms with E-state index in [1.807, 2.05) is 42.5 Å². The van der Waals surface area contributed by atoms with Crippen molar-refractivity contribution in [3.63, 3.8) is 0 Å². The van der Waals surface area contributed by atoms with Crippen LogP contribution in [-0.4, -0.2) is 39.6 Å². The van der Waals surface area contributed by atoms with E-state index in [0.29, 0.717) is 51.6 Å². The number of carbonyl (C=O) groups excluding carboxylic acids is 1. The van der Waals surface area contributed by atoms with Crippen LogP contribution < -0.4 is 9.47 Å². The molecule has 2 aromatic carbocycles. The smallest absolute Gasteiger partial charge is 0.253 e. The Morgan fingerprint density at radius 2 is 1.91 bits per heavy atom. The van der Waals surface area contributed by atoms with Gasteiger partial charge in [-0.25, -0.2) is 9.50 Å². The van der Waals surface area contributed by atoms with E-state index in [1.54, 1.807) is 24.9 Å². The number of fused-ring (bicyclic) bond motifs is 2. The molecule has 1 aliphatic carbocycles. The molecule has 0 saturated carbocycles. The molecule has 0 bridgehead atoms. The van der Waals surface area contributed by atoms with Crippen LogP contribution in [0.5, 0.6) is 11.5 Å². The Labute approximate surface area is 200 Å². The maximum absolute atomic E-state index is 13.0. The van der Waals surface area contributed by atoms with Gasteiger partial charge in [-0.1, -0.05) is 41.6 Å². The van der Waals surface area contributed by atoms with E-state index in [1.165, 1.54) is 11.8 Å². The van der Waals surface area contributed by atoms with Crippen LogP contribution >= 0.6 is 23.4 Å². The highest BCUT2D eigenvalue weighted by Gasteiger charge is 2.30. The van der Waals surface area contributed by atoms with E-state index in [2.05, 4.69) is 10.1 Å². The van der Waals surface area contributed by atoms with Gasteiger partial charge in [0, 0.05) is 35.4 Å². The molecule has 4 aromatic rings. The van der Waals surface area contributed by atoms with Crippen molar-refractivity contribution in [1.82, 2.24) is 19.6 Å². The van der Waals surface area contributed by atoms with Gasteiger partial charge in [0.15, 0.2) is 5.78 Å². The number of thioether (sulfide) groups is 1. The van der Waals surface area contributed by atoms with Gasteiger partial charge in [0.25, 0.3) is 5.78 Å². The molecule has 33 heavy (non-hydrogen) atoms. The number of hydrogen-bond donors (Lipinski definition) is 0. The number of rotatable bonds is 6. The first-order valence-electron chi connectivity index (χ1n) is 10.4. The van der Waals surface area contributed by atoms with Gasteiger partial charge in [0.1, 0.15) is 11.5 Å². The number of ether oxygens (including phenoxy) is 2.